The molecule has 0 fully saturated rings. The zero-order valence-electron chi connectivity index (χ0n) is 13.1. The van der Waals surface area contributed by atoms with Crippen LogP contribution < -0.4 is 4.74 Å². The number of allylic oxidation sites excluding steroid dienone is 2. The molecule has 1 N–H and O–H groups in total. The fourth-order valence-corrected chi connectivity index (χ4v) is 2.90. The number of aliphatic hydroxyl groups excluding tert-OH is 1. The highest BCUT2D eigenvalue weighted by Crippen LogP contribution is 2.35. The first-order valence-corrected chi connectivity index (χ1v) is 8.09. The van der Waals surface area contributed by atoms with Gasteiger partial charge in [0.25, 0.3) is 0 Å². The van der Waals surface area contributed by atoms with Crippen LogP contribution in [0.5, 0.6) is 11.5 Å². The van der Waals surface area contributed by atoms with Crippen LogP contribution in [0, 0.1) is 5.82 Å². The van der Waals surface area contributed by atoms with E-state index in [4.69, 9.17) is 16.3 Å². The number of hydrogen-bond donors (Lipinski definition) is 1. The van der Waals surface area contributed by atoms with Crippen LogP contribution in [0.4, 0.5) is 4.39 Å². The number of halogens is 2. The molecule has 124 valence electrons. The molecule has 0 unspecified atom stereocenters. The van der Waals surface area contributed by atoms with Crippen molar-refractivity contribution in [1.29, 1.82) is 0 Å². The molecule has 0 bridgehead atoms. The van der Waals surface area contributed by atoms with Gasteiger partial charge in [0.1, 0.15) is 23.1 Å². The molecule has 24 heavy (non-hydrogen) atoms. The molecule has 2 aromatic rings. The van der Waals surface area contributed by atoms with Gasteiger partial charge in [-0.15, -0.1) is 0 Å². The fourth-order valence-electron chi connectivity index (χ4n) is 2.79. The molecule has 1 aliphatic carbocycles. The Balaban J connectivity index is 1.99. The van der Waals surface area contributed by atoms with Crippen LogP contribution in [-0.4, -0.2) is 10.9 Å². The zero-order valence-corrected chi connectivity index (χ0v) is 13.9. The standard InChI is InChI=1S/C19H16ClFO3/c1-2-11-3-4-12(24-13-5-6-15(20)16(21)10-13)9-14(11)19-17(22)7-8-18(19)23/h3-6,9-10,22H,2,7-8H2,1H3. The summed E-state index contributed by atoms with van der Waals surface area (Å²) in [6.45, 7) is 1.98. The zero-order chi connectivity index (χ0) is 17.3. The largest absolute Gasteiger partial charge is 0.512 e. The lowest BCUT2D eigenvalue weighted by molar-refractivity contribution is -0.113. The average molecular weight is 347 g/mol. The third-order valence-corrected chi connectivity index (χ3v) is 4.32. The van der Waals surface area contributed by atoms with Gasteiger partial charge in [0, 0.05) is 18.9 Å². The molecule has 0 amide bonds. The normalized spacial score (nSPS) is 14.4. The van der Waals surface area contributed by atoms with E-state index in [1.807, 2.05) is 13.0 Å². The molecule has 3 nitrogen and oxygen atoms in total. The first kappa shape index (κ1) is 16.5. The first-order valence-electron chi connectivity index (χ1n) is 7.71. The molecule has 0 aromatic heterocycles. The molecule has 3 rings (SSSR count). The molecular formula is C19H16ClFO3. The number of carbonyl (C=O) groups excluding carboxylic acids is 1. The van der Waals surface area contributed by atoms with E-state index in [1.54, 1.807) is 18.2 Å². The Hall–Kier alpha value is -2.33. The molecule has 1 aliphatic rings. The maximum Gasteiger partial charge on any atom is 0.167 e. The van der Waals surface area contributed by atoms with E-state index in [0.29, 0.717) is 35.5 Å². The van der Waals surface area contributed by atoms with Crippen molar-refractivity contribution in [3.8, 4) is 11.5 Å². The molecular weight excluding hydrogens is 331 g/mol. The highest BCUT2D eigenvalue weighted by molar-refractivity contribution is 6.30. The number of Topliss-reactive ketones (excluding diaryl/α,β-unsaturated/α-hetero) is 1. The number of ketones is 1. The topological polar surface area (TPSA) is 46.5 Å². The number of benzene rings is 2. The van der Waals surface area contributed by atoms with E-state index in [-0.39, 0.29) is 16.6 Å². The smallest absolute Gasteiger partial charge is 0.167 e. The molecule has 5 heteroatoms. The molecule has 0 spiro atoms. The Morgan fingerprint density at radius 1 is 1.17 bits per heavy atom. The predicted molar refractivity (Wildman–Crippen MR) is 91.1 cm³/mol. The molecule has 0 atom stereocenters. The molecule has 0 aliphatic heterocycles. The Bertz CT molecular complexity index is 843. The van der Waals surface area contributed by atoms with E-state index in [2.05, 4.69) is 0 Å². The van der Waals surface area contributed by atoms with Crippen LogP contribution in [-0.2, 0) is 11.2 Å². The molecule has 2 aromatic carbocycles. The van der Waals surface area contributed by atoms with Crippen molar-refractivity contribution in [3.63, 3.8) is 0 Å². The van der Waals surface area contributed by atoms with Gasteiger partial charge < -0.3 is 9.84 Å². The summed E-state index contributed by atoms with van der Waals surface area (Å²) >= 11 is 5.66. The maximum absolute atomic E-state index is 13.5. The van der Waals surface area contributed by atoms with Crippen molar-refractivity contribution >= 4 is 23.0 Å². The van der Waals surface area contributed by atoms with Crippen LogP contribution >= 0.6 is 11.6 Å². The number of aryl methyl sites for hydroxylation is 1. The summed E-state index contributed by atoms with van der Waals surface area (Å²) < 4.78 is 19.2. The molecule has 0 radical (unpaired) electrons. The quantitative estimate of drug-likeness (QED) is 0.798. The van der Waals surface area contributed by atoms with Gasteiger partial charge in [0.2, 0.25) is 0 Å². The molecule has 0 saturated heterocycles. The Kier molecular flexibility index (Phi) is 4.58. The predicted octanol–water partition coefficient (Wildman–Crippen LogP) is 5.47. The minimum Gasteiger partial charge on any atom is -0.512 e. The van der Waals surface area contributed by atoms with Gasteiger partial charge in [-0.05, 0) is 41.8 Å². The summed E-state index contributed by atoms with van der Waals surface area (Å²) in [7, 11) is 0. The van der Waals surface area contributed by atoms with Crippen molar-refractivity contribution in [2.75, 3.05) is 0 Å². The van der Waals surface area contributed by atoms with Crippen molar-refractivity contribution in [1.82, 2.24) is 0 Å². The van der Waals surface area contributed by atoms with Gasteiger partial charge in [0.15, 0.2) is 5.78 Å². The van der Waals surface area contributed by atoms with E-state index in [0.717, 1.165) is 12.0 Å². The van der Waals surface area contributed by atoms with E-state index in [1.165, 1.54) is 12.1 Å². The SMILES string of the molecule is CCc1ccc(Oc2ccc(Cl)c(F)c2)cc1C1=C(O)CCC1=O. The molecule has 0 saturated carbocycles. The van der Waals surface area contributed by atoms with Gasteiger partial charge in [0.05, 0.1) is 10.6 Å². The number of hydrogen-bond acceptors (Lipinski definition) is 3. The van der Waals surface area contributed by atoms with Crippen LogP contribution in [0.1, 0.15) is 30.9 Å². The molecule has 0 heterocycles. The Morgan fingerprint density at radius 3 is 2.50 bits per heavy atom. The third kappa shape index (κ3) is 3.15. The number of rotatable bonds is 4. The summed E-state index contributed by atoms with van der Waals surface area (Å²) in [6, 6.07) is 9.50. The number of ether oxygens (including phenoxy) is 1. The van der Waals surface area contributed by atoms with Crippen molar-refractivity contribution in [3.05, 3.63) is 64.1 Å². The lowest BCUT2D eigenvalue weighted by atomic mass is 9.96. The van der Waals surface area contributed by atoms with E-state index >= 15 is 0 Å². The first-order chi connectivity index (χ1) is 11.5. The van der Waals surface area contributed by atoms with Gasteiger partial charge >= 0.3 is 0 Å². The van der Waals surface area contributed by atoms with Crippen LogP contribution in [0.2, 0.25) is 5.02 Å². The Labute approximate surface area is 144 Å². The van der Waals surface area contributed by atoms with Crippen molar-refractivity contribution < 1.29 is 19.0 Å². The summed E-state index contributed by atoms with van der Waals surface area (Å²) in [5.74, 6) is 0.249. The maximum atomic E-state index is 13.5. The van der Waals surface area contributed by atoms with Crippen LogP contribution in [0.15, 0.2) is 42.2 Å². The number of aliphatic hydroxyl groups is 1. The second-order valence-corrected chi connectivity index (χ2v) is 6.00. The highest BCUT2D eigenvalue weighted by atomic mass is 35.5. The van der Waals surface area contributed by atoms with E-state index < -0.39 is 5.82 Å². The average Bonchev–Trinajstić information content (AvgIpc) is 2.89. The number of carbonyl (C=O) groups is 1. The summed E-state index contributed by atoms with van der Waals surface area (Å²) in [5.41, 5.74) is 1.98. The van der Waals surface area contributed by atoms with Crippen LogP contribution in [0.25, 0.3) is 5.57 Å². The summed E-state index contributed by atoms with van der Waals surface area (Å²) in [6.07, 6.45) is 1.40. The lowest BCUT2D eigenvalue weighted by Gasteiger charge is -2.12. The lowest BCUT2D eigenvalue weighted by Crippen LogP contribution is -2.01. The van der Waals surface area contributed by atoms with Gasteiger partial charge in [-0.25, -0.2) is 4.39 Å². The second-order valence-electron chi connectivity index (χ2n) is 5.60. The highest BCUT2D eigenvalue weighted by Gasteiger charge is 2.26. The summed E-state index contributed by atoms with van der Waals surface area (Å²) in [5, 5.41) is 10.1. The minimum absolute atomic E-state index is 0.0241. The van der Waals surface area contributed by atoms with Crippen molar-refractivity contribution in [2.24, 2.45) is 0 Å². The second kappa shape index (κ2) is 6.65. The fraction of sp³-hybridized carbons (Fsp3) is 0.211. The monoisotopic (exact) mass is 346 g/mol. The Morgan fingerprint density at radius 2 is 1.88 bits per heavy atom. The third-order valence-electron chi connectivity index (χ3n) is 4.01. The van der Waals surface area contributed by atoms with Crippen molar-refractivity contribution in [2.45, 2.75) is 26.2 Å². The van der Waals surface area contributed by atoms with Gasteiger partial charge in [-0.1, -0.05) is 24.6 Å². The van der Waals surface area contributed by atoms with Crippen LogP contribution in [0.3, 0.4) is 0 Å². The summed E-state index contributed by atoms with van der Waals surface area (Å²) in [4.78, 5) is 12.1. The van der Waals surface area contributed by atoms with Gasteiger partial charge in [-0.3, -0.25) is 4.79 Å². The minimum atomic E-state index is -0.564. The van der Waals surface area contributed by atoms with Gasteiger partial charge in [-0.2, -0.15) is 0 Å². The van der Waals surface area contributed by atoms with E-state index in [9.17, 15) is 14.3 Å².